The summed E-state index contributed by atoms with van der Waals surface area (Å²) in [6.45, 7) is -0.0385. The third-order valence-electron chi connectivity index (χ3n) is 3.84. The van der Waals surface area contributed by atoms with E-state index < -0.39 is 5.97 Å². The largest absolute Gasteiger partial charge is 0.497 e. The van der Waals surface area contributed by atoms with E-state index in [1.165, 1.54) is 6.21 Å². The molecule has 0 fully saturated rings. The molecule has 3 rings (SSSR count). The number of ether oxygens (including phenoxy) is 2. The Labute approximate surface area is 151 Å². The molecule has 5 heteroatoms. The molecule has 0 unspecified atom stereocenters. The van der Waals surface area contributed by atoms with Crippen molar-refractivity contribution in [1.82, 2.24) is 0 Å². The minimum absolute atomic E-state index is 0.200. The van der Waals surface area contributed by atoms with E-state index in [1.807, 2.05) is 66.7 Å². The molecule has 3 aromatic rings. The first-order valence-electron chi connectivity index (χ1n) is 8.18. The average molecular weight is 349 g/mol. The molecular formula is C21H19NO4. The van der Waals surface area contributed by atoms with Crippen molar-refractivity contribution in [3.63, 3.8) is 0 Å². The minimum atomic E-state index is -0.468. The predicted molar refractivity (Wildman–Crippen MR) is 100 cm³/mol. The highest BCUT2D eigenvalue weighted by Crippen LogP contribution is 2.19. The van der Waals surface area contributed by atoms with E-state index in [2.05, 4.69) is 5.16 Å². The van der Waals surface area contributed by atoms with E-state index in [1.54, 1.807) is 7.11 Å². The van der Waals surface area contributed by atoms with Crippen LogP contribution in [0.5, 0.6) is 5.75 Å². The van der Waals surface area contributed by atoms with Gasteiger partial charge in [0.1, 0.15) is 12.4 Å². The van der Waals surface area contributed by atoms with Gasteiger partial charge >= 0.3 is 5.97 Å². The Morgan fingerprint density at radius 2 is 1.77 bits per heavy atom. The summed E-state index contributed by atoms with van der Waals surface area (Å²) in [4.78, 5) is 16.8. The molecule has 132 valence electrons. The fraction of sp³-hybridized carbons (Fsp3) is 0.143. The lowest BCUT2D eigenvalue weighted by Gasteiger charge is -2.07. The average Bonchev–Trinajstić information content (AvgIpc) is 2.70. The Hall–Kier alpha value is -3.34. The van der Waals surface area contributed by atoms with Gasteiger partial charge in [-0.1, -0.05) is 47.6 Å². The molecule has 3 aromatic carbocycles. The van der Waals surface area contributed by atoms with Gasteiger partial charge in [-0.3, -0.25) is 0 Å². The first kappa shape index (κ1) is 17.5. The van der Waals surface area contributed by atoms with Gasteiger partial charge in [0.25, 0.3) is 0 Å². The highest BCUT2D eigenvalue weighted by atomic mass is 16.6. The third-order valence-corrected chi connectivity index (χ3v) is 3.84. The maximum absolute atomic E-state index is 11.8. The second kappa shape index (κ2) is 8.67. The number of methoxy groups -OCH3 is 1. The van der Waals surface area contributed by atoms with Crippen LogP contribution in [0.1, 0.15) is 11.1 Å². The van der Waals surface area contributed by atoms with Gasteiger partial charge in [0, 0.05) is 0 Å². The molecule has 5 nitrogen and oxygen atoms in total. The number of hydrogen-bond donors (Lipinski definition) is 0. The number of fused-ring (bicyclic) bond motifs is 1. The first-order valence-corrected chi connectivity index (χ1v) is 8.18. The van der Waals surface area contributed by atoms with Crippen molar-refractivity contribution in [3.05, 3.63) is 77.9 Å². The van der Waals surface area contributed by atoms with Crippen LogP contribution in [0.3, 0.4) is 0 Å². The Balaban J connectivity index is 1.47. The number of nitrogens with zero attached hydrogens (tertiary/aromatic N) is 1. The van der Waals surface area contributed by atoms with E-state index in [0.717, 1.165) is 27.6 Å². The molecule has 0 aromatic heterocycles. The van der Waals surface area contributed by atoms with Crippen LogP contribution in [0.2, 0.25) is 0 Å². The lowest BCUT2D eigenvalue weighted by molar-refractivity contribution is -0.150. The molecule has 0 aliphatic rings. The van der Waals surface area contributed by atoms with Gasteiger partial charge in [-0.25, -0.2) is 4.79 Å². The zero-order valence-electron chi connectivity index (χ0n) is 14.4. The van der Waals surface area contributed by atoms with Gasteiger partial charge in [-0.15, -0.1) is 0 Å². The summed E-state index contributed by atoms with van der Waals surface area (Å²) in [5, 5.41) is 5.96. The van der Waals surface area contributed by atoms with Gasteiger partial charge in [-0.05, 0) is 46.2 Å². The van der Waals surface area contributed by atoms with E-state index >= 15 is 0 Å². The van der Waals surface area contributed by atoms with Gasteiger partial charge in [0.15, 0.2) is 0 Å². The molecule has 0 saturated carbocycles. The first-order chi connectivity index (χ1) is 12.8. The summed E-state index contributed by atoms with van der Waals surface area (Å²) in [5.41, 5.74) is 1.80. The molecule has 0 spiro atoms. The summed E-state index contributed by atoms with van der Waals surface area (Å²) < 4.78 is 10.3. The molecular weight excluding hydrogens is 330 g/mol. The van der Waals surface area contributed by atoms with E-state index in [4.69, 9.17) is 14.3 Å². The Kier molecular flexibility index (Phi) is 5.83. The van der Waals surface area contributed by atoms with E-state index in [9.17, 15) is 4.79 Å². The van der Waals surface area contributed by atoms with Crippen LogP contribution in [0.15, 0.2) is 71.9 Å². The normalized spacial score (nSPS) is 10.8. The molecule has 0 heterocycles. The van der Waals surface area contributed by atoms with Crippen molar-refractivity contribution in [2.45, 2.75) is 6.61 Å². The van der Waals surface area contributed by atoms with Gasteiger partial charge in [0.2, 0.25) is 6.61 Å². The quantitative estimate of drug-likeness (QED) is 0.368. The highest BCUT2D eigenvalue weighted by molar-refractivity contribution is 5.85. The molecule has 0 bridgehead atoms. The van der Waals surface area contributed by atoms with Crippen LogP contribution in [0.25, 0.3) is 10.8 Å². The number of rotatable bonds is 7. The second-order valence-corrected chi connectivity index (χ2v) is 5.58. The summed E-state index contributed by atoms with van der Waals surface area (Å²) in [6, 6.07) is 21.2. The van der Waals surface area contributed by atoms with Crippen LogP contribution in [0.4, 0.5) is 0 Å². The standard InChI is InChI=1S/C21H19NO4/c1-24-19-11-9-16(10-12-19)13-22-26-15-21(23)25-14-18-7-4-6-17-5-2-3-8-20(17)18/h2-13H,14-15H2,1H3. The number of esters is 1. The number of oxime groups is 1. The third kappa shape index (κ3) is 4.60. The zero-order valence-corrected chi connectivity index (χ0v) is 14.4. The number of carbonyl (C=O) groups is 1. The van der Waals surface area contributed by atoms with Crippen LogP contribution >= 0.6 is 0 Å². The van der Waals surface area contributed by atoms with Gasteiger partial charge in [-0.2, -0.15) is 0 Å². The van der Waals surface area contributed by atoms with E-state index in [0.29, 0.717) is 0 Å². The fourth-order valence-corrected chi connectivity index (χ4v) is 2.50. The minimum Gasteiger partial charge on any atom is -0.497 e. The Bertz CT molecular complexity index is 898. The van der Waals surface area contributed by atoms with Crippen molar-refractivity contribution in [3.8, 4) is 5.75 Å². The monoisotopic (exact) mass is 349 g/mol. The number of hydrogen-bond acceptors (Lipinski definition) is 5. The van der Waals surface area contributed by atoms with Crippen LogP contribution in [0, 0.1) is 0 Å². The topological polar surface area (TPSA) is 57.1 Å². The molecule has 0 aliphatic carbocycles. The molecule has 0 saturated heterocycles. The Morgan fingerprint density at radius 1 is 1.00 bits per heavy atom. The van der Waals surface area contributed by atoms with Crippen molar-refractivity contribution in [1.29, 1.82) is 0 Å². The lowest BCUT2D eigenvalue weighted by Crippen LogP contribution is -2.11. The number of carbonyl (C=O) groups excluding carboxylic acids is 1. The fourth-order valence-electron chi connectivity index (χ4n) is 2.50. The summed E-state index contributed by atoms with van der Waals surface area (Å²) in [5.74, 6) is 0.296. The maximum Gasteiger partial charge on any atom is 0.347 e. The highest BCUT2D eigenvalue weighted by Gasteiger charge is 2.06. The SMILES string of the molecule is COc1ccc(C=NOCC(=O)OCc2cccc3ccccc23)cc1. The smallest absolute Gasteiger partial charge is 0.347 e. The zero-order chi connectivity index (χ0) is 18.2. The second-order valence-electron chi connectivity index (χ2n) is 5.58. The maximum atomic E-state index is 11.8. The summed E-state index contributed by atoms with van der Waals surface area (Å²) >= 11 is 0. The van der Waals surface area contributed by atoms with E-state index in [-0.39, 0.29) is 13.2 Å². The van der Waals surface area contributed by atoms with Crippen LogP contribution < -0.4 is 4.74 Å². The predicted octanol–water partition coefficient (Wildman–Crippen LogP) is 3.94. The molecule has 26 heavy (non-hydrogen) atoms. The molecule has 0 aliphatic heterocycles. The molecule has 0 N–H and O–H groups in total. The Morgan fingerprint density at radius 3 is 2.58 bits per heavy atom. The summed E-state index contributed by atoms with van der Waals surface area (Å²) in [6.07, 6.45) is 1.53. The van der Waals surface area contributed by atoms with Crippen LogP contribution in [-0.4, -0.2) is 25.9 Å². The van der Waals surface area contributed by atoms with Crippen molar-refractivity contribution in [2.75, 3.05) is 13.7 Å². The number of benzene rings is 3. The van der Waals surface area contributed by atoms with Crippen molar-refractivity contribution in [2.24, 2.45) is 5.16 Å². The van der Waals surface area contributed by atoms with Gasteiger partial charge < -0.3 is 14.3 Å². The van der Waals surface area contributed by atoms with Crippen LogP contribution in [-0.2, 0) is 21.0 Å². The molecule has 0 atom stereocenters. The molecule has 0 radical (unpaired) electrons. The lowest BCUT2D eigenvalue weighted by atomic mass is 10.1. The summed E-state index contributed by atoms with van der Waals surface area (Å²) in [7, 11) is 1.61. The van der Waals surface area contributed by atoms with Crippen molar-refractivity contribution >= 4 is 23.0 Å². The van der Waals surface area contributed by atoms with Gasteiger partial charge in [0.05, 0.1) is 13.3 Å². The molecule has 0 amide bonds. The van der Waals surface area contributed by atoms with Crippen molar-refractivity contribution < 1.29 is 19.1 Å².